The number of thiazole rings is 1. The number of aliphatic hydroxyl groups is 1. The van der Waals surface area contributed by atoms with Crippen molar-refractivity contribution in [1.29, 1.82) is 0 Å². The van der Waals surface area contributed by atoms with Crippen LogP contribution in [0.5, 0.6) is 0 Å². The third kappa shape index (κ3) is 5.59. The Kier molecular flexibility index (Phi) is 7.72. The van der Waals surface area contributed by atoms with Gasteiger partial charge in [-0.1, -0.05) is 0 Å². The van der Waals surface area contributed by atoms with Gasteiger partial charge < -0.3 is 20.5 Å². The Hall–Kier alpha value is -1.32. The van der Waals surface area contributed by atoms with E-state index in [1.807, 2.05) is 20.8 Å². The average Bonchev–Trinajstić information content (AvgIpc) is 3.20. The van der Waals surface area contributed by atoms with Crippen LogP contribution in [-0.2, 0) is 4.74 Å². The summed E-state index contributed by atoms with van der Waals surface area (Å²) in [6.45, 7) is 9.00. The predicted molar refractivity (Wildman–Crippen MR) is 107 cm³/mol. The second-order valence-corrected chi connectivity index (χ2v) is 8.41. The fourth-order valence-electron chi connectivity index (χ4n) is 2.52. The molecule has 1 aliphatic heterocycles. The first kappa shape index (κ1) is 21.0. The van der Waals surface area contributed by atoms with Gasteiger partial charge in [0.25, 0.3) is 0 Å². The number of thioether (sulfide) groups is 1. The van der Waals surface area contributed by atoms with Crippen LogP contribution < -0.4 is 10.6 Å². The van der Waals surface area contributed by atoms with Crippen LogP contribution in [0.2, 0.25) is 0 Å². The molecule has 0 aromatic carbocycles. The van der Waals surface area contributed by atoms with E-state index >= 15 is 0 Å². The summed E-state index contributed by atoms with van der Waals surface area (Å²) in [7, 11) is 0. The molecule has 0 radical (unpaired) electrons. The molecule has 9 heteroatoms. The van der Waals surface area contributed by atoms with Gasteiger partial charge in [0.2, 0.25) is 0 Å². The molecule has 3 N–H and O–H groups in total. The molecule has 146 valence electrons. The minimum absolute atomic E-state index is 0.118. The van der Waals surface area contributed by atoms with Crippen LogP contribution in [-0.4, -0.2) is 58.8 Å². The van der Waals surface area contributed by atoms with Crippen molar-refractivity contribution in [3.05, 3.63) is 15.6 Å². The van der Waals surface area contributed by atoms with Crippen LogP contribution in [0.15, 0.2) is 4.99 Å². The van der Waals surface area contributed by atoms with Gasteiger partial charge in [0, 0.05) is 12.3 Å². The zero-order valence-electron chi connectivity index (χ0n) is 15.8. The lowest BCUT2D eigenvalue weighted by atomic mass is 10.1. The zero-order valence-corrected chi connectivity index (χ0v) is 17.4. The van der Waals surface area contributed by atoms with Gasteiger partial charge >= 0.3 is 5.97 Å². The Labute approximate surface area is 163 Å². The molecule has 0 bridgehead atoms. The molecule has 0 spiro atoms. The van der Waals surface area contributed by atoms with E-state index in [0.717, 1.165) is 29.5 Å². The highest BCUT2D eigenvalue weighted by atomic mass is 32.2. The van der Waals surface area contributed by atoms with E-state index in [2.05, 4.69) is 20.6 Å². The quantitative estimate of drug-likeness (QED) is 0.366. The Morgan fingerprint density at radius 2 is 2.27 bits per heavy atom. The van der Waals surface area contributed by atoms with E-state index < -0.39 is 5.60 Å². The lowest BCUT2D eigenvalue weighted by Crippen LogP contribution is -2.41. The summed E-state index contributed by atoms with van der Waals surface area (Å²) in [6.07, 6.45) is 0.769. The maximum atomic E-state index is 12.0. The average molecular weight is 401 g/mol. The number of rotatable bonds is 7. The van der Waals surface area contributed by atoms with Crippen molar-refractivity contribution in [2.45, 2.75) is 45.8 Å². The van der Waals surface area contributed by atoms with Crippen LogP contribution in [0.3, 0.4) is 0 Å². The maximum absolute atomic E-state index is 12.0. The summed E-state index contributed by atoms with van der Waals surface area (Å²) in [6, 6.07) is -0.118. The molecule has 0 saturated carbocycles. The minimum Gasteiger partial charge on any atom is -0.462 e. The standard InChI is InChI=1S/C17H28N4O3S2/c1-5-18-16(19-9-17(23)7-8-25-10-17)21-12(4)14-20-11(3)13(26-14)15(22)24-6-2/h12,23H,5-10H2,1-4H3,(H2,18,19,21). The monoisotopic (exact) mass is 400 g/mol. The van der Waals surface area contributed by atoms with E-state index in [1.54, 1.807) is 18.7 Å². The first-order valence-electron chi connectivity index (χ1n) is 8.88. The van der Waals surface area contributed by atoms with Gasteiger partial charge in [-0.2, -0.15) is 11.8 Å². The first-order valence-corrected chi connectivity index (χ1v) is 10.8. The number of carbonyl (C=O) groups is 1. The SMILES string of the molecule is CCNC(=NCC1(O)CCSC1)NC(C)c1nc(C)c(C(=O)OCC)s1. The number of nitrogens with one attached hydrogen (secondary N) is 2. The first-order chi connectivity index (χ1) is 12.4. The number of carbonyl (C=O) groups excluding carboxylic acids is 1. The van der Waals surface area contributed by atoms with Crippen LogP contribution in [0.1, 0.15) is 53.6 Å². The number of hydrogen-bond donors (Lipinski definition) is 3. The van der Waals surface area contributed by atoms with Crippen molar-refractivity contribution in [2.75, 3.05) is 31.2 Å². The molecule has 0 aliphatic carbocycles. The lowest BCUT2D eigenvalue weighted by Gasteiger charge is -2.21. The summed E-state index contributed by atoms with van der Waals surface area (Å²) in [5, 5.41) is 17.8. The van der Waals surface area contributed by atoms with Gasteiger partial charge in [0.15, 0.2) is 5.96 Å². The fraction of sp³-hybridized carbons (Fsp3) is 0.706. The molecule has 2 unspecified atom stereocenters. The molecule has 2 heterocycles. The molecule has 0 amide bonds. The molecule has 26 heavy (non-hydrogen) atoms. The van der Waals surface area contributed by atoms with Crippen molar-refractivity contribution >= 4 is 35.0 Å². The van der Waals surface area contributed by atoms with Gasteiger partial charge in [0.05, 0.1) is 30.5 Å². The van der Waals surface area contributed by atoms with Crippen molar-refractivity contribution in [3.8, 4) is 0 Å². The van der Waals surface area contributed by atoms with Crippen LogP contribution in [0.25, 0.3) is 0 Å². The number of aromatic nitrogens is 1. The van der Waals surface area contributed by atoms with Crippen LogP contribution >= 0.6 is 23.1 Å². The summed E-state index contributed by atoms with van der Waals surface area (Å²) >= 11 is 3.09. The summed E-state index contributed by atoms with van der Waals surface area (Å²) in [4.78, 5) is 21.6. The highest BCUT2D eigenvalue weighted by molar-refractivity contribution is 7.99. The molecule has 1 aromatic rings. The molecule has 2 rings (SSSR count). The zero-order chi connectivity index (χ0) is 19.2. The molecule has 1 fully saturated rings. The van der Waals surface area contributed by atoms with Gasteiger partial charge in [-0.15, -0.1) is 11.3 Å². The molecular formula is C17H28N4O3S2. The van der Waals surface area contributed by atoms with Gasteiger partial charge in [-0.3, -0.25) is 4.99 Å². The van der Waals surface area contributed by atoms with E-state index in [1.165, 1.54) is 11.3 Å². The van der Waals surface area contributed by atoms with Crippen LogP contribution in [0.4, 0.5) is 0 Å². The second kappa shape index (κ2) is 9.57. The Bertz CT molecular complexity index is 642. The van der Waals surface area contributed by atoms with E-state index in [0.29, 0.717) is 29.7 Å². The summed E-state index contributed by atoms with van der Waals surface area (Å²) in [5.74, 6) is 2.00. The molecule has 1 aliphatic rings. The number of ether oxygens (including phenoxy) is 1. The predicted octanol–water partition coefficient (Wildman–Crippen LogP) is 2.11. The number of guanidine groups is 1. The Balaban J connectivity index is 2.06. The molecule has 1 saturated heterocycles. The largest absolute Gasteiger partial charge is 0.462 e. The van der Waals surface area contributed by atoms with Gasteiger partial charge in [-0.25, -0.2) is 9.78 Å². The van der Waals surface area contributed by atoms with Crippen molar-refractivity contribution < 1.29 is 14.6 Å². The van der Waals surface area contributed by atoms with Crippen LogP contribution in [0, 0.1) is 6.92 Å². The Morgan fingerprint density at radius 1 is 1.50 bits per heavy atom. The number of hydrogen-bond acceptors (Lipinski definition) is 7. The smallest absolute Gasteiger partial charge is 0.350 e. The third-order valence-electron chi connectivity index (χ3n) is 3.96. The highest BCUT2D eigenvalue weighted by Gasteiger charge is 2.31. The van der Waals surface area contributed by atoms with Gasteiger partial charge in [0.1, 0.15) is 9.88 Å². The number of aryl methyl sites for hydroxylation is 1. The third-order valence-corrected chi connectivity index (χ3v) is 6.51. The number of esters is 1. The maximum Gasteiger partial charge on any atom is 0.350 e. The normalized spacial score (nSPS) is 21.5. The lowest BCUT2D eigenvalue weighted by molar-refractivity contribution is 0.0531. The molecule has 1 aromatic heterocycles. The van der Waals surface area contributed by atoms with E-state index in [4.69, 9.17) is 4.74 Å². The van der Waals surface area contributed by atoms with Gasteiger partial charge in [-0.05, 0) is 39.9 Å². The number of aliphatic imine (C=N–C) groups is 1. The fourth-order valence-corrected chi connectivity index (χ4v) is 4.77. The van der Waals surface area contributed by atoms with Crippen molar-refractivity contribution in [3.63, 3.8) is 0 Å². The highest BCUT2D eigenvalue weighted by Crippen LogP contribution is 2.28. The van der Waals surface area contributed by atoms with E-state index in [-0.39, 0.29) is 12.0 Å². The minimum atomic E-state index is -0.717. The summed E-state index contributed by atoms with van der Waals surface area (Å²) < 4.78 is 5.07. The molecular weight excluding hydrogens is 372 g/mol. The summed E-state index contributed by atoms with van der Waals surface area (Å²) in [5.41, 5.74) is -0.0400. The molecule has 2 atom stereocenters. The number of nitrogens with zero attached hydrogens (tertiary/aromatic N) is 2. The molecule has 7 nitrogen and oxygen atoms in total. The van der Waals surface area contributed by atoms with Crippen molar-refractivity contribution in [1.82, 2.24) is 15.6 Å². The topological polar surface area (TPSA) is 95.8 Å². The Morgan fingerprint density at radius 3 is 2.88 bits per heavy atom. The second-order valence-electron chi connectivity index (χ2n) is 6.28. The van der Waals surface area contributed by atoms with E-state index in [9.17, 15) is 9.90 Å². The van der Waals surface area contributed by atoms with Crippen molar-refractivity contribution in [2.24, 2.45) is 4.99 Å².